The molecule has 0 saturated carbocycles. The van der Waals surface area contributed by atoms with Crippen LogP contribution in [-0.4, -0.2) is 5.11 Å². The molecule has 0 spiro atoms. The van der Waals surface area contributed by atoms with E-state index in [9.17, 15) is 0 Å². The van der Waals surface area contributed by atoms with Crippen LogP contribution in [0.2, 0.25) is 0 Å². The van der Waals surface area contributed by atoms with Crippen LogP contribution in [0.3, 0.4) is 0 Å². The summed E-state index contributed by atoms with van der Waals surface area (Å²) in [6.07, 6.45) is 0. The van der Waals surface area contributed by atoms with Crippen molar-refractivity contribution in [3.8, 4) is 11.8 Å². The van der Waals surface area contributed by atoms with E-state index in [0.29, 0.717) is 16.8 Å². The maximum Gasteiger partial charge on any atom is 0.118 e. The highest BCUT2D eigenvalue weighted by atomic mass is 16.3. The molecule has 0 saturated heterocycles. The highest BCUT2D eigenvalue weighted by Crippen LogP contribution is 2.21. The van der Waals surface area contributed by atoms with Crippen molar-refractivity contribution < 1.29 is 5.11 Å². The second kappa shape index (κ2) is 2.51. The molecule has 3 N–H and O–H groups in total. The first kappa shape index (κ1) is 7.42. The third-order valence-electron chi connectivity index (χ3n) is 1.55. The molecule has 0 amide bonds. The number of hydrogen-bond acceptors (Lipinski definition) is 3. The van der Waals surface area contributed by atoms with E-state index < -0.39 is 0 Å². The smallest absolute Gasteiger partial charge is 0.118 e. The summed E-state index contributed by atoms with van der Waals surface area (Å²) < 4.78 is 0. The average Bonchev–Trinajstić information content (AvgIpc) is 1.96. The maximum absolute atomic E-state index is 9.02. The number of nitriles is 1. The van der Waals surface area contributed by atoms with Crippen LogP contribution in [-0.2, 0) is 0 Å². The highest BCUT2D eigenvalue weighted by Gasteiger charge is 2.02. The Kier molecular flexibility index (Phi) is 1.69. The van der Waals surface area contributed by atoms with Gasteiger partial charge in [0.2, 0.25) is 0 Å². The molecule has 3 heteroatoms. The number of nitrogens with two attached hydrogens (primary N) is 1. The minimum absolute atomic E-state index is 0.0321. The number of benzene rings is 1. The van der Waals surface area contributed by atoms with Gasteiger partial charge in [-0.25, -0.2) is 0 Å². The molecular formula is C8H8N2O. The molecule has 0 atom stereocenters. The zero-order chi connectivity index (χ0) is 8.43. The molecule has 1 rings (SSSR count). The summed E-state index contributed by atoms with van der Waals surface area (Å²) in [5, 5.41) is 17.6. The number of aromatic hydroxyl groups is 1. The largest absolute Gasteiger partial charge is 0.508 e. The summed E-state index contributed by atoms with van der Waals surface area (Å²) in [6, 6.07) is 4.76. The molecule has 0 radical (unpaired) electrons. The normalized spacial score (nSPS) is 9.09. The third-order valence-corrected chi connectivity index (χ3v) is 1.55. The fourth-order valence-corrected chi connectivity index (χ4v) is 0.837. The molecule has 0 aliphatic heterocycles. The zero-order valence-corrected chi connectivity index (χ0v) is 6.13. The van der Waals surface area contributed by atoms with Crippen LogP contribution in [0.25, 0.3) is 0 Å². The van der Waals surface area contributed by atoms with Crippen molar-refractivity contribution in [1.29, 1.82) is 5.26 Å². The summed E-state index contributed by atoms with van der Waals surface area (Å²) >= 11 is 0. The van der Waals surface area contributed by atoms with Gasteiger partial charge in [0.15, 0.2) is 0 Å². The number of rotatable bonds is 0. The Morgan fingerprint density at radius 3 is 2.73 bits per heavy atom. The van der Waals surface area contributed by atoms with Crippen molar-refractivity contribution in [2.75, 3.05) is 5.73 Å². The first-order chi connectivity index (χ1) is 5.15. The number of phenolic OH excluding ortho intramolecular Hbond substituents is 1. The molecule has 0 bridgehead atoms. The lowest BCUT2D eigenvalue weighted by atomic mass is 10.1. The summed E-state index contributed by atoms with van der Waals surface area (Å²) in [6.45, 7) is 1.74. The predicted octanol–water partition coefficient (Wildman–Crippen LogP) is 1.15. The van der Waals surface area contributed by atoms with Gasteiger partial charge in [0, 0.05) is 11.8 Å². The molecule has 0 fully saturated rings. The van der Waals surface area contributed by atoms with Gasteiger partial charge in [-0.2, -0.15) is 5.26 Å². The van der Waals surface area contributed by atoms with Crippen molar-refractivity contribution in [3.05, 3.63) is 23.3 Å². The van der Waals surface area contributed by atoms with E-state index in [1.165, 1.54) is 12.1 Å². The molecule has 3 nitrogen and oxygen atoms in total. The molecule has 0 unspecified atom stereocenters. The van der Waals surface area contributed by atoms with Crippen LogP contribution in [0.1, 0.15) is 11.1 Å². The average molecular weight is 148 g/mol. The number of nitrogens with zero attached hydrogens (tertiary/aromatic N) is 1. The number of nitrogen functional groups attached to an aromatic ring is 1. The Bertz CT molecular complexity index is 326. The van der Waals surface area contributed by atoms with Crippen LogP contribution in [0.4, 0.5) is 5.69 Å². The van der Waals surface area contributed by atoms with E-state index in [0.717, 1.165) is 0 Å². The second-order valence-electron chi connectivity index (χ2n) is 2.32. The monoisotopic (exact) mass is 148 g/mol. The SMILES string of the molecule is Cc1c(N)cc(O)cc1C#N. The Morgan fingerprint density at radius 2 is 2.18 bits per heavy atom. The van der Waals surface area contributed by atoms with Gasteiger partial charge in [-0.15, -0.1) is 0 Å². The van der Waals surface area contributed by atoms with Crippen LogP contribution in [0.15, 0.2) is 12.1 Å². The number of phenols is 1. The van der Waals surface area contributed by atoms with E-state index in [-0.39, 0.29) is 5.75 Å². The van der Waals surface area contributed by atoms with Gasteiger partial charge in [-0.05, 0) is 18.6 Å². The molecule has 0 aliphatic rings. The van der Waals surface area contributed by atoms with E-state index >= 15 is 0 Å². The van der Waals surface area contributed by atoms with E-state index in [4.69, 9.17) is 16.1 Å². The van der Waals surface area contributed by atoms with E-state index in [1.807, 2.05) is 6.07 Å². The van der Waals surface area contributed by atoms with Gasteiger partial charge >= 0.3 is 0 Å². The summed E-state index contributed by atoms with van der Waals surface area (Å²) in [7, 11) is 0. The van der Waals surface area contributed by atoms with Crippen molar-refractivity contribution >= 4 is 5.69 Å². The number of hydrogen-bond donors (Lipinski definition) is 2. The maximum atomic E-state index is 9.02. The van der Waals surface area contributed by atoms with Crippen molar-refractivity contribution in [3.63, 3.8) is 0 Å². The van der Waals surface area contributed by atoms with Crippen LogP contribution < -0.4 is 5.73 Å². The first-order valence-electron chi connectivity index (χ1n) is 3.14. The Hall–Kier alpha value is -1.69. The zero-order valence-electron chi connectivity index (χ0n) is 6.13. The second-order valence-corrected chi connectivity index (χ2v) is 2.32. The van der Waals surface area contributed by atoms with Gasteiger partial charge < -0.3 is 10.8 Å². The fourth-order valence-electron chi connectivity index (χ4n) is 0.837. The Morgan fingerprint density at radius 1 is 1.55 bits per heavy atom. The van der Waals surface area contributed by atoms with Crippen LogP contribution >= 0.6 is 0 Å². The van der Waals surface area contributed by atoms with E-state index in [2.05, 4.69) is 0 Å². The van der Waals surface area contributed by atoms with Crippen molar-refractivity contribution in [1.82, 2.24) is 0 Å². The minimum atomic E-state index is 0.0321. The molecule has 56 valence electrons. The highest BCUT2D eigenvalue weighted by molar-refractivity contribution is 5.58. The number of anilines is 1. The van der Waals surface area contributed by atoms with Gasteiger partial charge in [-0.3, -0.25) is 0 Å². The molecule has 1 aromatic carbocycles. The van der Waals surface area contributed by atoms with Crippen LogP contribution in [0, 0.1) is 18.3 Å². The minimum Gasteiger partial charge on any atom is -0.508 e. The molecule has 11 heavy (non-hydrogen) atoms. The molecule has 0 heterocycles. The lowest BCUT2D eigenvalue weighted by Gasteiger charge is -2.01. The standard InChI is InChI=1S/C8H8N2O/c1-5-6(4-9)2-7(11)3-8(5)10/h2-3,11H,10H2,1H3. The summed E-state index contributed by atoms with van der Waals surface area (Å²) in [5.74, 6) is 0.0321. The molecule has 0 aliphatic carbocycles. The first-order valence-corrected chi connectivity index (χ1v) is 3.14. The summed E-state index contributed by atoms with van der Waals surface area (Å²) in [4.78, 5) is 0. The van der Waals surface area contributed by atoms with Gasteiger partial charge in [0.1, 0.15) is 5.75 Å². The van der Waals surface area contributed by atoms with E-state index in [1.54, 1.807) is 6.92 Å². The summed E-state index contributed by atoms with van der Waals surface area (Å²) in [5.41, 5.74) is 7.06. The van der Waals surface area contributed by atoms with Gasteiger partial charge in [-0.1, -0.05) is 0 Å². The van der Waals surface area contributed by atoms with Crippen molar-refractivity contribution in [2.45, 2.75) is 6.92 Å². The predicted molar refractivity (Wildman–Crippen MR) is 42.0 cm³/mol. The molecule has 1 aromatic rings. The molecular weight excluding hydrogens is 140 g/mol. The third kappa shape index (κ3) is 1.24. The topological polar surface area (TPSA) is 70.0 Å². The lowest BCUT2D eigenvalue weighted by molar-refractivity contribution is 0.475. The molecule has 0 aromatic heterocycles. The van der Waals surface area contributed by atoms with Gasteiger partial charge in [0.25, 0.3) is 0 Å². The fraction of sp³-hybridized carbons (Fsp3) is 0.125. The quantitative estimate of drug-likeness (QED) is 0.542. The van der Waals surface area contributed by atoms with Gasteiger partial charge in [0.05, 0.1) is 11.6 Å². The van der Waals surface area contributed by atoms with Crippen molar-refractivity contribution in [2.24, 2.45) is 0 Å². The lowest BCUT2D eigenvalue weighted by Crippen LogP contribution is -1.91. The van der Waals surface area contributed by atoms with Crippen LogP contribution in [0.5, 0.6) is 5.75 Å². The Labute approximate surface area is 64.7 Å². The Balaban J connectivity index is 3.39.